The van der Waals surface area contributed by atoms with Gasteiger partial charge in [0.1, 0.15) is 5.69 Å². The van der Waals surface area contributed by atoms with E-state index in [2.05, 4.69) is 9.72 Å². The number of ether oxygens (including phenoxy) is 1. The second-order valence-electron chi connectivity index (χ2n) is 5.77. The Morgan fingerprint density at radius 3 is 2.44 bits per heavy atom. The molecule has 0 aliphatic carbocycles. The van der Waals surface area contributed by atoms with E-state index < -0.39 is 10.0 Å². The molecule has 2 aromatic carbocycles. The Bertz CT molecular complexity index is 1060. The Hall–Kier alpha value is -2.97. The molecule has 0 spiro atoms. The first-order valence-electron chi connectivity index (χ1n) is 8.14. The van der Waals surface area contributed by atoms with Crippen LogP contribution in [0.15, 0.2) is 63.9 Å². The number of hydrogen-bond donors (Lipinski definition) is 1. The molecular weight excluding hydrogens is 368 g/mol. The van der Waals surface area contributed by atoms with Crippen LogP contribution < -0.4 is 5.14 Å². The quantitative estimate of drug-likeness (QED) is 0.652. The molecule has 0 atom stereocenters. The highest BCUT2D eigenvalue weighted by molar-refractivity contribution is 7.89. The van der Waals surface area contributed by atoms with Crippen LogP contribution in [0, 0.1) is 0 Å². The van der Waals surface area contributed by atoms with Crippen LogP contribution in [0.3, 0.4) is 0 Å². The number of hydrogen-bond acceptors (Lipinski definition) is 6. The summed E-state index contributed by atoms with van der Waals surface area (Å²) in [5.74, 6) is 0.325. The van der Waals surface area contributed by atoms with Crippen molar-refractivity contribution in [1.82, 2.24) is 4.98 Å². The summed E-state index contributed by atoms with van der Waals surface area (Å²) in [7, 11) is -2.65. The molecule has 2 N–H and O–H groups in total. The molecule has 0 bridgehead atoms. The van der Waals surface area contributed by atoms with Gasteiger partial charge in [-0.1, -0.05) is 48.5 Å². The molecule has 8 heteroatoms. The second kappa shape index (κ2) is 7.73. The molecule has 7 nitrogen and oxygen atoms in total. The zero-order valence-electron chi connectivity index (χ0n) is 14.6. The first-order chi connectivity index (χ1) is 12.9. The summed E-state index contributed by atoms with van der Waals surface area (Å²) < 4.78 is 34.5. The van der Waals surface area contributed by atoms with Gasteiger partial charge in [0, 0.05) is 17.5 Å². The molecule has 1 aromatic heterocycles. The van der Waals surface area contributed by atoms with Crippen molar-refractivity contribution >= 4 is 16.0 Å². The van der Waals surface area contributed by atoms with Crippen LogP contribution in [-0.2, 0) is 26.0 Å². The van der Waals surface area contributed by atoms with E-state index in [1.54, 1.807) is 18.2 Å². The van der Waals surface area contributed by atoms with Crippen molar-refractivity contribution in [2.75, 3.05) is 7.11 Å². The maximum absolute atomic E-state index is 12.0. The fourth-order valence-corrected chi connectivity index (χ4v) is 3.40. The van der Waals surface area contributed by atoms with Crippen molar-refractivity contribution in [1.29, 1.82) is 0 Å². The number of carbonyl (C=O) groups excluding carboxylic acids is 1. The maximum atomic E-state index is 12.0. The molecule has 3 aromatic rings. The summed E-state index contributed by atoms with van der Waals surface area (Å²) in [5, 5.41) is 5.36. The van der Waals surface area contributed by atoms with E-state index in [1.807, 2.05) is 30.3 Å². The van der Waals surface area contributed by atoms with Gasteiger partial charge in [0.25, 0.3) is 0 Å². The molecule has 27 heavy (non-hydrogen) atoms. The topological polar surface area (TPSA) is 112 Å². The molecule has 3 rings (SSSR count). The summed E-state index contributed by atoms with van der Waals surface area (Å²) in [6.07, 6.45) is 0.325. The van der Waals surface area contributed by atoms with Gasteiger partial charge in [-0.2, -0.15) is 0 Å². The number of methoxy groups -OCH3 is 1. The van der Waals surface area contributed by atoms with Gasteiger partial charge >= 0.3 is 5.97 Å². The predicted molar refractivity (Wildman–Crippen MR) is 99.1 cm³/mol. The summed E-state index contributed by atoms with van der Waals surface area (Å²) >= 11 is 0. The zero-order chi connectivity index (χ0) is 19.4. The summed E-state index contributed by atoms with van der Waals surface area (Å²) in [6, 6.07) is 15.5. The zero-order valence-corrected chi connectivity index (χ0v) is 15.4. The predicted octanol–water partition coefficient (Wildman–Crippen LogP) is 2.76. The lowest BCUT2D eigenvalue weighted by Gasteiger charge is -2.06. The van der Waals surface area contributed by atoms with E-state index >= 15 is 0 Å². The first kappa shape index (κ1) is 18.8. The molecule has 0 radical (unpaired) electrons. The third-order valence-corrected chi connectivity index (χ3v) is 4.90. The molecule has 0 saturated heterocycles. The number of oxazole rings is 1. The Morgan fingerprint density at radius 2 is 1.78 bits per heavy atom. The van der Waals surface area contributed by atoms with Gasteiger partial charge < -0.3 is 9.15 Å². The summed E-state index contributed by atoms with van der Waals surface area (Å²) in [6.45, 7) is 0. The highest BCUT2D eigenvalue weighted by Gasteiger charge is 2.23. The monoisotopic (exact) mass is 386 g/mol. The number of carbonyl (C=O) groups is 1. The van der Waals surface area contributed by atoms with E-state index in [0.29, 0.717) is 22.9 Å². The largest absolute Gasteiger partial charge is 0.469 e. The number of aryl methyl sites for hydroxylation is 1. The molecule has 0 saturated carbocycles. The van der Waals surface area contributed by atoms with E-state index in [1.165, 1.54) is 13.2 Å². The SMILES string of the molecule is COC(=O)CCc1nc(-c2ccccc2S(N)(=O)=O)c(-c2ccccc2)o1. The van der Waals surface area contributed by atoms with Crippen LogP contribution in [0.4, 0.5) is 0 Å². The van der Waals surface area contributed by atoms with Crippen molar-refractivity contribution in [3.05, 3.63) is 60.5 Å². The fourth-order valence-electron chi connectivity index (χ4n) is 2.66. The van der Waals surface area contributed by atoms with Gasteiger partial charge in [0.15, 0.2) is 11.7 Å². The molecule has 0 unspecified atom stereocenters. The number of rotatable bonds is 6. The fraction of sp³-hybridized carbons (Fsp3) is 0.158. The first-order valence-corrected chi connectivity index (χ1v) is 9.69. The Morgan fingerprint density at radius 1 is 1.11 bits per heavy atom. The van der Waals surface area contributed by atoms with Crippen molar-refractivity contribution < 1.29 is 22.4 Å². The van der Waals surface area contributed by atoms with Gasteiger partial charge in [-0.05, 0) is 6.07 Å². The molecule has 0 amide bonds. The maximum Gasteiger partial charge on any atom is 0.306 e. The molecule has 0 aliphatic rings. The van der Waals surface area contributed by atoms with Crippen LogP contribution in [-0.4, -0.2) is 26.5 Å². The smallest absolute Gasteiger partial charge is 0.306 e. The minimum atomic E-state index is -3.96. The molecule has 0 aliphatic heterocycles. The Balaban J connectivity index is 2.14. The molecule has 1 heterocycles. The second-order valence-corrected chi connectivity index (χ2v) is 7.30. The lowest BCUT2D eigenvalue weighted by atomic mass is 10.1. The molecule has 0 fully saturated rings. The van der Waals surface area contributed by atoms with Crippen LogP contribution in [0.25, 0.3) is 22.6 Å². The standard InChI is InChI=1S/C19H18N2O5S/c1-25-17(22)12-11-16-21-18(19(26-16)13-7-3-2-4-8-13)14-9-5-6-10-15(14)27(20,23)24/h2-10H,11-12H2,1H3,(H2,20,23,24). The number of nitrogens with zero attached hydrogens (tertiary/aromatic N) is 1. The van der Waals surface area contributed by atoms with Crippen LogP contribution in [0.5, 0.6) is 0 Å². The van der Waals surface area contributed by atoms with Gasteiger partial charge in [-0.3, -0.25) is 4.79 Å². The highest BCUT2D eigenvalue weighted by atomic mass is 32.2. The van der Waals surface area contributed by atoms with Crippen molar-refractivity contribution in [2.45, 2.75) is 17.7 Å². The normalized spacial score (nSPS) is 11.3. The van der Waals surface area contributed by atoms with E-state index in [0.717, 1.165) is 5.56 Å². The Kier molecular flexibility index (Phi) is 5.38. The van der Waals surface area contributed by atoms with Crippen molar-refractivity contribution in [2.24, 2.45) is 5.14 Å². The summed E-state index contributed by atoms with van der Waals surface area (Å²) in [4.78, 5) is 15.8. The van der Waals surface area contributed by atoms with Gasteiger partial charge in [0.05, 0.1) is 18.4 Å². The number of aromatic nitrogens is 1. The minimum Gasteiger partial charge on any atom is -0.469 e. The molecule has 140 valence electrons. The average Bonchev–Trinajstić information content (AvgIpc) is 3.10. The van der Waals surface area contributed by atoms with Gasteiger partial charge in [-0.25, -0.2) is 18.5 Å². The number of sulfonamides is 1. The number of esters is 1. The minimum absolute atomic E-state index is 0.0463. The highest BCUT2D eigenvalue weighted by Crippen LogP contribution is 2.35. The Labute approximate surface area is 156 Å². The van der Waals surface area contributed by atoms with Crippen molar-refractivity contribution in [3.8, 4) is 22.6 Å². The number of primary sulfonamides is 1. The van der Waals surface area contributed by atoms with Crippen LogP contribution in [0.1, 0.15) is 12.3 Å². The molecular formula is C19H18N2O5S. The van der Waals surface area contributed by atoms with Crippen LogP contribution in [0.2, 0.25) is 0 Å². The lowest BCUT2D eigenvalue weighted by Crippen LogP contribution is -2.13. The number of nitrogens with two attached hydrogens (primary N) is 1. The third kappa shape index (κ3) is 4.24. The average molecular weight is 386 g/mol. The summed E-state index contributed by atoms with van der Waals surface area (Å²) in [5.41, 5.74) is 1.42. The third-order valence-electron chi connectivity index (χ3n) is 3.93. The van der Waals surface area contributed by atoms with Crippen molar-refractivity contribution in [3.63, 3.8) is 0 Å². The van der Waals surface area contributed by atoms with Crippen LogP contribution >= 0.6 is 0 Å². The van der Waals surface area contributed by atoms with E-state index in [4.69, 9.17) is 9.56 Å². The van der Waals surface area contributed by atoms with E-state index in [9.17, 15) is 13.2 Å². The number of benzene rings is 2. The lowest BCUT2D eigenvalue weighted by molar-refractivity contribution is -0.140. The van der Waals surface area contributed by atoms with Gasteiger partial charge in [0.2, 0.25) is 10.0 Å². The van der Waals surface area contributed by atoms with Gasteiger partial charge in [-0.15, -0.1) is 0 Å². The van der Waals surface area contributed by atoms with E-state index in [-0.39, 0.29) is 23.7 Å².